The van der Waals surface area contributed by atoms with Crippen molar-refractivity contribution in [2.24, 2.45) is 5.92 Å². The first-order chi connectivity index (χ1) is 16.2. The maximum Gasteiger partial charge on any atom is 0.265 e. The number of fused-ring (bicyclic) bond motifs is 1. The van der Waals surface area contributed by atoms with Gasteiger partial charge in [0.05, 0.1) is 17.7 Å². The Bertz CT molecular complexity index is 1210. The predicted octanol–water partition coefficient (Wildman–Crippen LogP) is 2.44. The number of amides is 2. The van der Waals surface area contributed by atoms with E-state index in [0.29, 0.717) is 42.1 Å². The Labute approximate surface area is 199 Å². The fourth-order valence-corrected chi connectivity index (χ4v) is 5.99. The molecule has 2 aliphatic heterocycles. The van der Waals surface area contributed by atoms with Crippen LogP contribution in [0.3, 0.4) is 0 Å². The van der Waals surface area contributed by atoms with E-state index >= 15 is 0 Å². The van der Waals surface area contributed by atoms with Crippen LogP contribution in [0.5, 0.6) is 11.5 Å². The Balaban J connectivity index is 1.40. The summed E-state index contributed by atoms with van der Waals surface area (Å²) in [5.41, 5.74) is 1.87. The maximum atomic E-state index is 13.4. The Hall–Kier alpha value is -3.11. The highest BCUT2D eigenvalue weighted by Crippen LogP contribution is 2.36. The highest BCUT2D eigenvalue weighted by Gasteiger charge is 2.34. The van der Waals surface area contributed by atoms with E-state index in [1.807, 2.05) is 24.3 Å². The first-order valence-electron chi connectivity index (χ1n) is 11.2. The lowest BCUT2D eigenvalue weighted by molar-refractivity contribution is -0.126. The molecule has 10 heteroatoms. The van der Waals surface area contributed by atoms with E-state index in [2.05, 4.69) is 10.6 Å². The van der Waals surface area contributed by atoms with Crippen LogP contribution in [0.1, 0.15) is 30.9 Å². The molecule has 2 heterocycles. The molecule has 4 rings (SSSR count). The molecule has 0 bridgehead atoms. The molecule has 0 unspecified atom stereocenters. The summed E-state index contributed by atoms with van der Waals surface area (Å²) in [4.78, 5) is 24.7. The topological polar surface area (TPSA) is 114 Å². The zero-order valence-electron chi connectivity index (χ0n) is 19.5. The van der Waals surface area contributed by atoms with Crippen molar-refractivity contribution in [2.45, 2.75) is 44.2 Å². The number of hydrogen-bond donors (Lipinski definition) is 2. The molecule has 34 heavy (non-hydrogen) atoms. The van der Waals surface area contributed by atoms with Crippen LogP contribution < -0.4 is 20.1 Å². The summed E-state index contributed by atoms with van der Waals surface area (Å²) in [5, 5.41) is 5.67. The number of carbonyl (C=O) groups excluding carboxylic acids is 2. The van der Waals surface area contributed by atoms with Crippen LogP contribution in [0.25, 0.3) is 0 Å². The van der Waals surface area contributed by atoms with Crippen LogP contribution >= 0.6 is 0 Å². The van der Waals surface area contributed by atoms with Crippen molar-refractivity contribution in [3.05, 3.63) is 47.5 Å². The predicted molar refractivity (Wildman–Crippen MR) is 126 cm³/mol. The fraction of sp³-hybridized carbons (Fsp3) is 0.417. The number of ether oxygens (including phenoxy) is 2. The molecule has 0 saturated carbocycles. The average Bonchev–Trinajstić information content (AvgIpc) is 2.83. The fourth-order valence-electron chi connectivity index (χ4n) is 4.29. The number of nitrogens with one attached hydrogen (secondary N) is 2. The summed E-state index contributed by atoms with van der Waals surface area (Å²) in [5.74, 6) is 0.425. The highest BCUT2D eigenvalue weighted by atomic mass is 32.2. The average molecular weight is 488 g/mol. The van der Waals surface area contributed by atoms with Gasteiger partial charge in [0.2, 0.25) is 15.9 Å². The minimum atomic E-state index is -3.78. The third-order valence-corrected chi connectivity index (χ3v) is 8.34. The number of benzene rings is 2. The quantitative estimate of drug-likeness (QED) is 0.647. The Morgan fingerprint density at radius 1 is 1.24 bits per heavy atom. The number of aryl methyl sites for hydroxylation is 1. The lowest BCUT2D eigenvalue weighted by atomic mass is 9.97. The van der Waals surface area contributed by atoms with Crippen LogP contribution in [0.4, 0.5) is 5.69 Å². The lowest BCUT2D eigenvalue weighted by Crippen LogP contribution is -2.43. The van der Waals surface area contributed by atoms with Crippen molar-refractivity contribution in [1.82, 2.24) is 9.62 Å². The van der Waals surface area contributed by atoms with Crippen molar-refractivity contribution in [3.8, 4) is 11.5 Å². The second-order valence-electron chi connectivity index (χ2n) is 8.57. The Kier molecular flexibility index (Phi) is 6.81. The van der Waals surface area contributed by atoms with Crippen LogP contribution in [0.15, 0.2) is 41.3 Å². The zero-order chi connectivity index (χ0) is 24.5. The van der Waals surface area contributed by atoms with Gasteiger partial charge in [-0.3, -0.25) is 9.59 Å². The molecular weight excluding hydrogens is 458 g/mol. The molecule has 9 nitrogen and oxygen atoms in total. The highest BCUT2D eigenvalue weighted by molar-refractivity contribution is 7.89. The van der Waals surface area contributed by atoms with Gasteiger partial charge in [-0.25, -0.2) is 8.42 Å². The van der Waals surface area contributed by atoms with Crippen LogP contribution in [-0.4, -0.2) is 50.8 Å². The first kappa shape index (κ1) is 24.0. The summed E-state index contributed by atoms with van der Waals surface area (Å²) < 4.78 is 39.1. The van der Waals surface area contributed by atoms with Gasteiger partial charge in [-0.1, -0.05) is 18.2 Å². The van der Waals surface area contributed by atoms with E-state index in [1.54, 1.807) is 27.0 Å². The summed E-state index contributed by atoms with van der Waals surface area (Å²) in [6.45, 7) is 4.15. The zero-order valence-corrected chi connectivity index (χ0v) is 20.3. The van der Waals surface area contributed by atoms with Crippen molar-refractivity contribution in [2.75, 3.05) is 25.5 Å². The number of para-hydroxylation sites is 1. The van der Waals surface area contributed by atoms with Gasteiger partial charge in [0.1, 0.15) is 11.5 Å². The van der Waals surface area contributed by atoms with Crippen LogP contribution in [-0.2, 0) is 26.2 Å². The molecule has 1 atom stereocenters. The van der Waals surface area contributed by atoms with E-state index in [9.17, 15) is 18.0 Å². The summed E-state index contributed by atoms with van der Waals surface area (Å²) in [7, 11) is -2.19. The number of nitrogens with zero attached hydrogens (tertiary/aromatic N) is 1. The summed E-state index contributed by atoms with van der Waals surface area (Å²) >= 11 is 0. The first-order valence-corrected chi connectivity index (χ1v) is 12.7. The number of carbonyl (C=O) groups is 2. The molecule has 2 aromatic carbocycles. The van der Waals surface area contributed by atoms with Crippen molar-refractivity contribution in [1.29, 1.82) is 0 Å². The van der Waals surface area contributed by atoms with Gasteiger partial charge in [0.15, 0.2) is 6.10 Å². The Morgan fingerprint density at radius 2 is 1.94 bits per heavy atom. The number of anilines is 1. The van der Waals surface area contributed by atoms with E-state index in [4.69, 9.17) is 9.47 Å². The van der Waals surface area contributed by atoms with Crippen LogP contribution in [0.2, 0.25) is 0 Å². The van der Waals surface area contributed by atoms with Crippen molar-refractivity contribution in [3.63, 3.8) is 0 Å². The molecule has 2 amide bonds. The Morgan fingerprint density at radius 3 is 2.65 bits per heavy atom. The molecule has 1 saturated heterocycles. The monoisotopic (exact) mass is 487 g/mol. The second-order valence-corrected chi connectivity index (χ2v) is 10.5. The molecule has 0 spiro atoms. The molecule has 182 valence electrons. The molecule has 0 aliphatic carbocycles. The third kappa shape index (κ3) is 4.74. The summed E-state index contributed by atoms with van der Waals surface area (Å²) in [6, 6.07) is 10.6. The molecule has 0 radical (unpaired) electrons. The molecule has 2 aromatic rings. The molecular formula is C24H29N3O6S. The van der Waals surface area contributed by atoms with E-state index in [-0.39, 0.29) is 35.7 Å². The normalized spacial score (nSPS) is 19.0. The summed E-state index contributed by atoms with van der Waals surface area (Å²) in [6.07, 6.45) is 0.172. The molecule has 0 aromatic heterocycles. The number of methoxy groups -OCH3 is 1. The van der Waals surface area contributed by atoms with Gasteiger partial charge >= 0.3 is 0 Å². The van der Waals surface area contributed by atoms with Gasteiger partial charge in [0.25, 0.3) is 5.91 Å². The van der Waals surface area contributed by atoms with Gasteiger partial charge in [-0.05, 0) is 44.4 Å². The van der Waals surface area contributed by atoms with Crippen LogP contribution in [0, 0.1) is 12.8 Å². The standard InChI is InChI=1S/C24H29N3O6S/c1-15-12-19-21(33-16(2)23(28)26-19)13-22(15)34(30,31)27-10-8-17(9-11-27)24(29)25-14-18-6-4-5-7-20(18)32-3/h4-7,12-13,16-17H,8-11,14H2,1-3H3,(H,25,29)(H,26,28)/t16-/m0/s1. The number of rotatable bonds is 6. The smallest absolute Gasteiger partial charge is 0.265 e. The van der Waals surface area contributed by atoms with Crippen molar-refractivity contribution >= 4 is 27.5 Å². The molecule has 1 fully saturated rings. The number of piperidine rings is 1. The van der Waals surface area contributed by atoms with E-state index in [0.717, 1.165) is 5.56 Å². The minimum absolute atomic E-state index is 0.0916. The van der Waals surface area contributed by atoms with Gasteiger partial charge in [-0.15, -0.1) is 0 Å². The second kappa shape index (κ2) is 9.63. The largest absolute Gasteiger partial charge is 0.496 e. The van der Waals surface area contributed by atoms with Gasteiger partial charge < -0.3 is 20.1 Å². The maximum absolute atomic E-state index is 13.4. The molecule has 2 aliphatic rings. The molecule has 2 N–H and O–H groups in total. The number of sulfonamides is 1. The van der Waals surface area contributed by atoms with Gasteiger partial charge in [0, 0.05) is 37.2 Å². The van der Waals surface area contributed by atoms with E-state index < -0.39 is 16.1 Å². The third-order valence-electron chi connectivity index (χ3n) is 6.30. The van der Waals surface area contributed by atoms with E-state index in [1.165, 1.54) is 10.4 Å². The SMILES string of the molecule is COc1ccccc1CNC(=O)C1CCN(S(=O)(=O)c2cc3c(cc2C)NC(=O)[C@H](C)O3)CC1. The number of hydrogen-bond acceptors (Lipinski definition) is 6. The van der Waals surface area contributed by atoms with Crippen molar-refractivity contribution < 1.29 is 27.5 Å². The van der Waals surface area contributed by atoms with Gasteiger partial charge in [-0.2, -0.15) is 4.31 Å². The minimum Gasteiger partial charge on any atom is -0.496 e. The lowest BCUT2D eigenvalue weighted by Gasteiger charge is -2.31.